The number of aromatic nitrogens is 1. The van der Waals surface area contributed by atoms with Crippen molar-refractivity contribution in [2.45, 2.75) is 13.8 Å². The summed E-state index contributed by atoms with van der Waals surface area (Å²) in [6, 6.07) is 16.1. The third-order valence-corrected chi connectivity index (χ3v) is 4.65. The van der Waals surface area contributed by atoms with E-state index in [4.69, 9.17) is 4.98 Å². The zero-order valence-corrected chi connectivity index (χ0v) is 18.3. The van der Waals surface area contributed by atoms with Crippen molar-refractivity contribution in [2.75, 3.05) is 27.2 Å². The number of hydrogen-bond donors (Lipinski definition) is 1. The third-order valence-electron chi connectivity index (χ3n) is 4.65. The summed E-state index contributed by atoms with van der Waals surface area (Å²) in [5.41, 5.74) is 5.82. The van der Waals surface area contributed by atoms with E-state index in [1.807, 2.05) is 44.4 Å². The van der Waals surface area contributed by atoms with Crippen molar-refractivity contribution in [3.05, 3.63) is 65.2 Å². The normalized spacial score (nSPS) is 10.1. The Morgan fingerprint density at radius 3 is 2.46 bits per heavy atom. The predicted molar refractivity (Wildman–Crippen MR) is 122 cm³/mol. The maximum absolute atomic E-state index is 13.1. The smallest absolute Gasteiger partial charge is 0.254 e. The Labute approximate surface area is 179 Å². The Balaban J connectivity index is 0.00000196. The molecule has 1 N–H and O–H groups in total. The molecule has 0 aliphatic carbocycles. The largest absolute Gasteiger partial charge is 0.340 e. The maximum Gasteiger partial charge on any atom is 0.254 e. The SMILES string of the molecule is CNCCN(C)C(=O)c1cc(-c2ccc(C)cc2C)nc2ccccc12.Cl.Cl. The van der Waals surface area contributed by atoms with E-state index >= 15 is 0 Å². The highest BCUT2D eigenvalue weighted by Gasteiger charge is 2.17. The number of carbonyl (C=O) groups is 1. The van der Waals surface area contributed by atoms with E-state index in [1.54, 1.807) is 4.90 Å². The number of carbonyl (C=O) groups excluding carboxylic acids is 1. The summed E-state index contributed by atoms with van der Waals surface area (Å²) in [4.78, 5) is 19.6. The highest BCUT2D eigenvalue weighted by molar-refractivity contribution is 6.07. The van der Waals surface area contributed by atoms with Gasteiger partial charge in [-0.25, -0.2) is 4.98 Å². The number of nitrogens with zero attached hydrogens (tertiary/aromatic N) is 2. The number of para-hydroxylation sites is 1. The lowest BCUT2D eigenvalue weighted by molar-refractivity contribution is 0.0799. The average Bonchev–Trinajstić information content (AvgIpc) is 2.64. The molecule has 0 bridgehead atoms. The zero-order chi connectivity index (χ0) is 18.7. The molecule has 0 aliphatic heterocycles. The lowest BCUT2D eigenvalue weighted by Crippen LogP contribution is -2.33. The number of halogens is 2. The Morgan fingerprint density at radius 1 is 1.07 bits per heavy atom. The van der Waals surface area contributed by atoms with Crippen molar-refractivity contribution in [1.29, 1.82) is 0 Å². The summed E-state index contributed by atoms with van der Waals surface area (Å²) in [6.45, 7) is 5.58. The first-order valence-electron chi connectivity index (χ1n) is 8.88. The standard InChI is InChI=1S/C22H25N3O.2ClH/c1-15-9-10-17(16(2)13-15)21-14-19(22(26)25(4)12-11-23-3)18-7-5-6-8-20(18)24-21;;/h5-10,13-14,23H,11-12H2,1-4H3;2*1H. The number of rotatable bonds is 5. The van der Waals surface area contributed by atoms with E-state index < -0.39 is 0 Å². The summed E-state index contributed by atoms with van der Waals surface area (Å²) >= 11 is 0. The van der Waals surface area contributed by atoms with Crippen molar-refractivity contribution in [2.24, 2.45) is 0 Å². The molecule has 0 saturated carbocycles. The molecule has 1 heterocycles. The van der Waals surface area contributed by atoms with Gasteiger partial charge in [0.25, 0.3) is 5.91 Å². The van der Waals surface area contributed by atoms with E-state index in [-0.39, 0.29) is 30.7 Å². The van der Waals surface area contributed by atoms with Crippen molar-refractivity contribution >= 4 is 41.6 Å². The van der Waals surface area contributed by atoms with Crippen LogP contribution in [0, 0.1) is 13.8 Å². The number of hydrogen-bond acceptors (Lipinski definition) is 3. The molecule has 1 aromatic heterocycles. The number of aryl methyl sites for hydroxylation is 2. The van der Waals surface area contributed by atoms with Crippen LogP contribution in [-0.2, 0) is 0 Å². The molecule has 4 nitrogen and oxygen atoms in total. The van der Waals surface area contributed by atoms with E-state index in [0.717, 1.165) is 34.3 Å². The number of nitrogens with one attached hydrogen (secondary N) is 1. The minimum Gasteiger partial charge on any atom is -0.340 e. The summed E-state index contributed by atoms with van der Waals surface area (Å²) in [7, 11) is 3.73. The molecule has 3 rings (SSSR count). The fraction of sp³-hybridized carbons (Fsp3) is 0.273. The number of amides is 1. The molecular formula is C22H27Cl2N3O. The maximum atomic E-state index is 13.1. The second-order valence-corrected chi connectivity index (χ2v) is 6.72. The molecule has 150 valence electrons. The van der Waals surface area contributed by atoms with Gasteiger partial charge in [0.1, 0.15) is 0 Å². The summed E-state index contributed by atoms with van der Waals surface area (Å²) in [5, 5.41) is 3.98. The second-order valence-electron chi connectivity index (χ2n) is 6.72. The molecule has 1 amide bonds. The van der Waals surface area contributed by atoms with Crippen LogP contribution in [-0.4, -0.2) is 43.0 Å². The zero-order valence-electron chi connectivity index (χ0n) is 16.7. The molecule has 2 aromatic carbocycles. The summed E-state index contributed by atoms with van der Waals surface area (Å²) < 4.78 is 0. The van der Waals surface area contributed by atoms with Crippen LogP contribution < -0.4 is 5.32 Å². The lowest BCUT2D eigenvalue weighted by Gasteiger charge is -2.19. The van der Waals surface area contributed by atoms with Gasteiger partial charge in [0.05, 0.1) is 16.8 Å². The Kier molecular flexibility index (Phi) is 8.89. The summed E-state index contributed by atoms with van der Waals surface area (Å²) in [6.07, 6.45) is 0. The molecule has 0 aliphatic rings. The average molecular weight is 420 g/mol. The first-order valence-corrected chi connectivity index (χ1v) is 8.88. The van der Waals surface area contributed by atoms with Crippen LogP contribution >= 0.6 is 24.8 Å². The van der Waals surface area contributed by atoms with Gasteiger partial charge in [-0.2, -0.15) is 0 Å². The van der Waals surface area contributed by atoms with E-state index in [9.17, 15) is 4.79 Å². The number of likely N-dealkylation sites (N-methyl/N-ethyl adjacent to an activating group) is 2. The van der Waals surface area contributed by atoms with Gasteiger partial charge in [0.15, 0.2) is 0 Å². The predicted octanol–water partition coefficient (Wildman–Crippen LogP) is 4.65. The van der Waals surface area contributed by atoms with Crippen molar-refractivity contribution < 1.29 is 4.79 Å². The fourth-order valence-corrected chi connectivity index (χ4v) is 3.18. The van der Waals surface area contributed by atoms with Gasteiger partial charge in [-0.3, -0.25) is 4.79 Å². The van der Waals surface area contributed by atoms with Crippen LogP contribution in [0.5, 0.6) is 0 Å². The summed E-state index contributed by atoms with van der Waals surface area (Å²) in [5.74, 6) is 0.0184. The van der Waals surface area contributed by atoms with E-state index in [2.05, 4.69) is 37.4 Å². The first kappa shape index (κ1) is 23.9. The van der Waals surface area contributed by atoms with Gasteiger partial charge < -0.3 is 10.2 Å². The molecule has 6 heteroatoms. The van der Waals surface area contributed by atoms with Gasteiger partial charge in [0.2, 0.25) is 0 Å². The molecule has 0 atom stereocenters. The van der Waals surface area contributed by atoms with Crippen molar-refractivity contribution in [3.8, 4) is 11.3 Å². The van der Waals surface area contributed by atoms with Crippen LogP contribution in [0.1, 0.15) is 21.5 Å². The Morgan fingerprint density at radius 2 is 1.79 bits per heavy atom. The van der Waals surface area contributed by atoms with Gasteiger partial charge >= 0.3 is 0 Å². The number of benzene rings is 2. The van der Waals surface area contributed by atoms with Gasteiger partial charge in [0, 0.05) is 31.1 Å². The number of pyridine rings is 1. The van der Waals surface area contributed by atoms with Crippen LogP contribution in [0.25, 0.3) is 22.2 Å². The lowest BCUT2D eigenvalue weighted by atomic mass is 9.99. The minimum atomic E-state index is 0. The molecule has 0 radical (unpaired) electrons. The van der Waals surface area contributed by atoms with Gasteiger partial charge in [-0.1, -0.05) is 42.0 Å². The molecule has 0 saturated heterocycles. The van der Waals surface area contributed by atoms with Crippen LogP contribution in [0.15, 0.2) is 48.5 Å². The molecular weight excluding hydrogens is 393 g/mol. The highest BCUT2D eigenvalue weighted by atomic mass is 35.5. The van der Waals surface area contributed by atoms with Crippen molar-refractivity contribution in [3.63, 3.8) is 0 Å². The molecule has 0 unspecified atom stereocenters. The fourth-order valence-electron chi connectivity index (χ4n) is 3.18. The van der Waals surface area contributed by atoms with Gasteiger partial charge in [-0.15, -0.1) is 24.8 Å². The number of fused-ring (bicyclic) bond motifs is 1. The van der Waals surface area contributed by atoms with Crippen LogP contribution in [0.2, 0.25) is 0 Å². The molecule has 0 spiro atoms. The van der Waals surface area contributed by atoms with E-state index in [1.165, 1.54) is 5.56 Å². The molecule has 0 fully saturated rings. The van der Waals surface area contributed by atoms with Crippen molar-refractivity contribution in [1.82, 2.24) is 15.2 Å². The Hall–Kier alpha value is -2.14. The topological polar surface area (TPSA) is 45.2 Å². The minimum absolute atomic E-state index is 0. The monoisotopic (exact) mass is 419 g/mol. The van der Waals surface area contributed by atoms with E-state index in [0.29, 0.717) is 12.1 Å². The highest BCUT2D eigenvalue weighted by Crippen LogP contribution is 2.28. The van der Waals surface area contributed by atoms with Gasteiger partial charge in [-0.05, 0) is 38.6 Å². The molecule has 28 heavy (non-hydrogen) atoms. The first-order chi connectivity index (χ1) is 12.5. The second kappa shape index (κ2) is 10.4. The van der Waals surface area contributed by atoms with Crippen LogP contribution in [0.3, 0.4) is 0 Å². The Bertz CT molecular complexity index is 960. The molecule has 3 aromatic rings. The van der Waals surface area contributed by atoms with Crippen LogP contribution in [0.4, 0.5) is 0 Å². The third kappa shape index (κ3) is 5.02. The quantitative estimate of drug-likeness (QED) is 0.654.